The van der Waals surface area contributed by atoms with Crippen molar-refractivity contribution in [3.05, 3.63) is 35.4 Å². The number of carbonyl (C=O) groups is 2. The summed E-state index contributed by atoms with van der Waals surface area (Å²) in [6.07, 6.45) is 2.11. The van der Waals surface area contributed by atoms with Gasteiger partial charge in [0.15, 0.2) is 0 Å². The van der Waals surface area contributed by atoms with E-state index in [1.54, 1.807) is 4.90 Å². The highest BCUT2D eigenvalue weighted by Crippen LogP contribution is 2.22. The Hall–Kier alpha value is -1.73. The van der Waals surface area contributed by atoms with Gasteiger partial charge in [-0.25, -0.2) is 8.78 Å². The van der Waals surface area contributed by atoms with Crippen molar-refractivity contribution in [3.63, 3.8) is 0 Å². The van der Waals surface area contributed by atoms with Gasteiger partial charge in [-0.15, -0.1) is 12.4 Å². The molecule has 1 N–H and O–H groups in total. The molecule has 0 atom stereocenters. The predicted octanol–water partition coefficient (Wildman–Crippen LogP) is 2.06. The standard InChI is InChI=1S/C18H23F2N3O2.ClH/c19-14-2-3-15(16(20)12-14)18(25)23-9-4-13(5-10-23)17(24)22-8-1-6-21-7-11-22;/h2-3,12-13,21H,1,4-11H2;1H. The third-order valence-electron chi connectivity index (χ3n) is 4.94. The van der Waals surface area contributed by atoms with E-state index in [1.807, 2.05) is 4.90 Å². The van der Waals surface area contributed by atoms with Gasteiger partial charge in [-0.1, -0.05) is 0 Å². The van der Waals surface area contributed by atoms with Crippen molar-refractivity contribution >= 4 is 24.2 Å². The highest BCUT2D eigenvalue weighted by atomic mass is 35.5. The van der Waals surface area contributed by atoms with Gasteiger partial charge in [-0.2, -0.15) is 0 Å². The van der Waals surface area contributed by atoms with Gasteiger partial charge in [0, 0.05) is 44.7 Å². The lowest BCUT2D eigenvalue weighted by atomic mass is 9.94. The molecule has 8 heteroatoms. The number of rotatable bonds is 2. The van der Waals surface area contributed by atoms with Crippen molar-refractivity contribution in [1.82, 2.24) is 15.1 Å². The van der Waals surface area contributed by atoms with E-state index in [0.29, 0.717) is 25.9 Å². The molecule has 2 saturated heterocycles. The minimum absolute atomic E-state index is 0. The number of carbonyl (C=O) groups excluding carboxylic acids is 2. The van der Waals surface area contributed by atoms with Crippen molar-refractivity contribution in [2.45, 2.75) is 19.3 Å². The number of nitrogens with zero attached hydrogens (tertiary/aromatic N) is 2. The zero-order valence-corrected chi connectivity index (χ0v) is 15.4. The summed E-state index contributed by atoms with van der Waals surface area (Å²) in [5.74, 6) is -1.92. The van der Waals surface area contributed by atoms with Crippen LogP contribution in [0, 0.1) is 17.6 Å². The molecule has 3 rings (SSSR count). The van der Waals surface area contributed by atoms with Crippen molar-refractivity contribution < 1.29 is 18.4 Å². The first-order valence-corrected chi connectivity index (χ1v) is 8.80. The lowest BCUT2D eigenvalue weighted by Gasteiger charge is -2.34. The second-order valence-electron chi connectivity index (χ2n) is 6.62. The van der Waals surface area contributed by atoms with E-state index in [-0.39, 0.29) is 29.8 Å². The van der Waals surface area contributed by atoms with Crippen LogP contribution in [0.25, 0.3) is 0 Å². The molecule has 0 spiro atoms. The van der Waals surface area contributed by atoms with Crippen LogP contribution in [0.3, 0.4) is 0 Å². The van der Waals surface area contributed by atoms with Gasteiger partial charge in [0.1, 0.15) is 11.6 Å². The Morgan fingerprint density at radius 1 is 1.00 bits per heavy atom. The molecule has 0 bridgehead atoms. The largest absolute Gasteiger partial charge is 0.341 e. The average Bonchev–Trinajstić information content (AvgIpc) is 2.90. The summed E-state index contributed by atoms with van der Waals surface area (Å²) in [6.45, 7) is 4.06. The lowest BCUT2D eigenvalue weighted by molar-refractivity contribution is -0.136. The first kappa shape index (κ1) is 20.6. The topological polar surface area (TPSA) is 52.7 Å². The highest BCUT2D eigenvalue weighted by molar-refractivity contribution is 5.94. The van der Waals surface area contributed by atoms with E-state index in [1.165, 1.54) is 6.07 Å². The molecule has 0 aromatic heterocycles. The molecule has 0 radical (unpaired) electrons. The Morgan fingerprint density at radius 2 is 1.73 bits per heavy atom. The maximum Gasteiger partial charge on any atom is 0.256 e. The lowest BCUT2D eigenvalue weighted by Crippen LogP contribution is -2.45. The zero-order chi connectivity index (χ0) is 17.8. The minimum Gasteiger partial charge on any atom is -0.341 e. The van der Waals surface area contributed by atoms with Crippen LogP contribution in [0.2, 0.25) is 0 Å². The molecule has 0 aliphatic carbocycles. The van der Waals surface area contributed by atoms with Gasteiger partial charge in [0.05, 0.1) is 5.56 Å². The fourth-order valence-corrected chi connectivity index (χ4v) is 3.49. The Bertz CT molecular complexity index is 643. The Kier molecular flexibility index (Phi) is 7.34. The summed E-state index contributed by atoms with van der Waals surface area (Å²) in [6, 6.07) is 2.98. The maximum absolute atomic E-state index is 13.8. The summed E-state index contributed by atoms with van der Waals surface area (Å²) in [5, 5.41) is 3.28. The number of hydrogen-bond donors (Lipinski definition) is 1. The average molecular weight is 388 g/mol. The monoisotopic (exact) mass is 387 g/mol. The SMILES string of the molecule is Cl.O=C(c1ccc(F)cc1F)N1CCC(C(=O)N2CCCNCC2)CC1. The zero-order valence-electron chi connectivity index (χ0n) is 14.5. The Balaban J connectivity index is 0.00000243. The van der Waals surface area contributed by atoms with Crippen molar-refractivity contribution in [1.29, 1.82) is 0 Å². The van der Waals surface area contributed by atoms with Crippen LogP contribution in [0.1, 0.15) is 29.6 Å². The van der Waals surface area contributed by atoms with Crippen LogP contribution in [-0.2, 0) is 4.79 Å². The van der Waals surface area contributed by atoms with Gasteiger partial charge in [0.25, 0.3) is 5.91 Å². The molecule has 2 aliphatic rings. The van der Waals surface area contributed by atoms with Crippen LogP contribution < -0.4 is 5.32 Å². The van der Waals surface area contributed by atoms with E-state index in [0.717, 1.165) is 44.7 Å². The van der Waals surface area contributed by atoms with E-state index in [9.17, 15) is 18.4 Å². The molecule has 0 unspecified atom stereocenters. The molecule has 1 aromatic carbocycles. The van der Waals surface area contributed by atoms with Crippen LogP contribution in [0.5, 0.6) is 0 Å². The van der Waals surface area contributed by atoms with Gasteiger partial charge >= 0.3 is 0 Å². The third-order valence-corrected chi connectivity index (χ3v) is 4.94. The number of likely N-dealkylation sites (tertiary alicyclic amines) is 1. The van der Waals surface area contributed by atoms with Crippen molar-refractivity contribution in [3.8, 4) is 0 Å². The summed E-state index contributed by atoms with van der Waals surface area (Å²) < 4.78 is 26.8. The van der Waals surface area contributed by atoms with Gasteiger partial charge in [-0.3, -0.25) is 9.59 Å². The van der Waals surface area contributed by atoms with Gasteiger partial charge in [0.2, 0.25) is 5.91 Å². The molecule has 2 fully saturated rings. The minimum atomic E-state index is -0.847. The van der Waals surface area contributed by atoms with Crippen LogP contribution in [0.15, 0.2) is 18.2 Å². The second kappa shape index (κ2) is 9.28. The first-order chi connectivity index (χ1) is 12.1. The first-order valence-electron chi connectivity index (χ1n) is 8.80. The maximum atomic E-state index is 13.8. The van der Waals surface area contributed by atoms with Crippen molar-refractivity contribution in [2.24, 2.45) is 5.92 Å². The normalized spacial score (nSPS) is 18.8. The molecule has 26 heavy (non-hydrogen) atoms. The van der Waals surface area contributed by atoms with E-state index < -0.39 is 17.5 Å². The van der Waals surface area contributed by atoms with Gasteiger partial charge in [-0.05, 0) is 37.9 Å². The Morgan fingerprint density at radius 3 is 2.42 bits per heavy atom. The van der Waals surface area contributed by atoms with Crippen LogP contribution in [0.4, 0.5) is 8.78 Å². The molecule has 2 aliphatic heterocycles. The number of nitrogens with one attached hydrogen (secondary N) is 1. The number of benzene rings is 1. The molecule has 144 valence electrons. The summed E-state index contributed by atoms with van der Waals surface area (Å²) in [4.78, 5) is 28.5. The van der Waals surface area contributed by atoms with Crippen LogP contribution in [-0.4, -0.2) is 60.9 Å². The molecule has 2 amide bonds. The quantitative estimate of drug-likeness (QED) is 0.845. The Labute approximate surface area is 158 Å². The summed E-state index contributed by atoms with van der Waals surface area (Å²) in [7, 11) is 0. The number of halogens is 3. The third kappa shape index (κ3) is 4.71. The fraction of sp³-hybridized carbons (Fsp3) is 0.556. The number of piperidine rings is 1. The van der Waals surface area contributed by atoms with Crippen LogP contribution >= 0.6 is 12.4 Å². The molecule has 1 aromatic rings. The van der Waals surface area contributed by atoms with E-state index in [2.05, 4.69) is 5.32 Å². The fourth-order valence-electron chi connectivity index (χ4n) is 3.49. The summed E-state index contributed by atoms with van der Waals surface area (Å²) >= 11 is 0. The summed E-state index contributed by atoms with van der Waals surface area (Å²) in [5.41, 5.74) is -0.121. The van der Waals surface area contributed by atoms with E-state index >= 15 is 0 Å². The molecular formula is C18H24ClF2N3O2. The highest BCUT2D eigenvalue weighted by Gasteiger charge is 2.31. The number of hydrogen-bond acceptors (Lipinski definition) is 3. The molecule has 5 nitrogen and oxygen atoms in total. The number of amides is 2. The molecule has 0 saturated carbocycles. The van der Waals surface area contributed by atoms with Crippen molar-refractivity contribution in [2.75, 3.05) is 39.3 Å². The second-order valence-corrected chi connectivity index (χ2v) is 6.62. The molecule has 2 heterocycles. The molecular weight excluding hydrogens is 364 g/mol. The smallest absolute Gasteiger partial charge is 0.256 e. The van der Waals surface area contributed by atoms with Gasteiger partial charge < -0.3 is 15.1 Å². The predicted molar refractivity (Wildman–Crippen MR) is 96.3 cm³/mol. The van der Waals surface area contributed by atoms with E-state index in [4.69, 9.17) is 0 Å².